The first kappa shape index (κ1) is 25.8. The molecule has 0 bridgehead atoms. The number of aromatic nitrogens is 1. The van der Waals surface area contributed by atoms with Crippen molar-refractivity contribution in [2.45, 2.75) is 17.9 Å². The van der Waals surface area contributed by atoms with Crippen LogP contribution in [0.5, 0.6) is 11.5 Å². The van der Waals surface area contributed by atoms with Crippen molar-refractivity contribution in [1.82, 2.24) is 10.4 Å². The SMILES string of the molecule is CCOc1cc(/C=N/NC(=O)CSc2nc(-c3ccccc3)cs2)ccc1OCc1ccc(Cl)cc1. The van der Waals surface area contributed by atoms with Gasteiger partial charge in [0.05, 0.1) is 24.3 Å². The molecule has 0 saturated heterocycles. The summed E-state index contributed by atoms with van der Waals surface area (Å²) in [4.78, 5) is 16.8. The van der Waals surface area contributed by atoms with Gasteiger partial charge in [0.25, 0.3) is 5.91 Å². The molecule has 4 aromatic rings. The van der Waals surface area contributed by atoms with E-state index in [2.05, 4.69) is 15.5 Å². The number of hydrogen-bond acceptors (Lipinski definition) is 7. The van der Waals surface area contributed by atoms with Crippen LogP contribution in [0.15, 0.2) is 87.6 Å². The molecule has 3 aromatic carbocycles. The number of halogens is 1. The van der Waals surface area contributed by atoms with Crippen LogP contribution >= 0.6 is 34.7 Å². The van der Waals surface area contributed by atoms with Gasteiger partial charge in [-0.2, -0.15) is 5.10 Å². The van der Waals surface area contributed by atoms with Crippen molar-refractivity contribution in [1.29, 1.82) is 0 Å². The van der Waals surface area contributed by atoms with Gasteiger partial charge in [-0.3, -0.25) is 4.79 Å². The average molecular weight is 538 g/mol. The van der Waals surface area contributed by atoms with Gasteiger partial charge < -0.3 is 9.47 Å². The van der Waals surface area contributed by atoms with Gasteiger partial charge in [-0.25, -0.2) is 10.4 Å². The van der Waals surface area contributed by atoms with Crippen LogP contribution in [-0.2, 0) is 11.4 Å². The van der Waals surface area contributed by atoms with Gasteiger partial charge >= 0.3 is 0 Å². The summed E-state index contributed by atoms with van der Waals surface area (Å²) in [5.41, 5.74) is 6.31. The van der Waals surface area contributed by atoms with Crippen LogP contribution in [-0.4, -0.2) is 29.5 Å². The maximum atomic E-state index is 12.2. The third-order valence-electron chi connectivity index (χ3n) is 4.86. The van der Waals surface area contributed by atoms with Crippen LogP contribution in [0.1, 0.15) is 18.1 Å². The molecule has 0 aliphatic carbocycles. The number of nitrogens with zero attached hydrogens (tertiary/aromatic N) is 2. The molecule has 6 nitrogen and oxygen atoms in total. The Morgan fingerprint density at radius 3 is 2.67 bits per heavy atom. The van der Waals surface area contributed by atoms with Crippen molar-refractivity contribution in [3.63, 3.8) is 0 Å². The van der Waals surface area contributed by atoms with E-state index in [0.29, 0.717) is 29.7 Å². The molecule has 1 aromatic heterocycles. The van der Waals surface area contributed by atoms with Crippen molar-refractivity contribution in [2.24, 2.45) is 5.10 Å². The molecule has 1 heterocycles. The molecular weight excluding hydrogens is 514 g/mol. The smallest absolute Gasteiger partial charge is 0.250 e. The van der Waals surface area contributed by atoms with E-state index in [-0.39, 0.29) is 11.7 Å². The summed E-state index contributed by atoms with van der Waals surface area (Å²) in [5, 5.41) is 6.75. The number of thiazole rings is 1. The summed E-state index contributed by atoms with van der Waals surface area (Å²) in [5.74, 6) is 1.25. The highest BCUT2D eigenvalue weighted by atomic mass is 35.5. The zero-order chi connectivity index (χ0) is 25.2. The maximum absolute atomic E-state index is 12.2. The van der Waals surface area contributed by atoms with Crippen molar-refractivity contribution in [3.05, 3.63) is 94.3 Å². The van der Waals surface area contributed by atoms with Crippen LogP contribution in [0.3, 0.4) is 0 Å². The Morgan fingerprint density at radius 2 is 1.89 bits per heavy atom. The zero-order valence-electron chi connectivity index (χ0n) is 19.5. The number of nitrogens with one attached hydrogen (secondary N) is 1. The third-order valence-corrected chi connectivity index (χ3v) is 7.13. The highest BCUT2D eigenvalue weighted by Gasteiger charge is 2.09. The largest absolute Gasteiger partial charge is 0.490 e. The Balaban J connectivity index is 1.28. The minimum Gasteiger partial charge on any atom is -0.490 e. The number of thioether (sulfide) groups is 1. The van der Waals surface area contributed by atoms with Crippen molar-refractivity contribution in [2.75, 3.05) is 12.4 Å². The molecule has 184 valence electrons. The molecule has 0 aliphatic heterocycles. The van der Waals surface area contributed by atoms with Gasteiger partial charge in [0.15, 0.2) is 15.8 Å². The Bertz CT molecular complexity index is 1310. The molecule has 1 N–H and O–H groups in total. The molecule has 0 fully saturated rings. The number of carbonyl (C=O) groups excluding carboxylic acids is 1. The molecule has 9 heteroatoms. The molecule has 0 radical (unpaired) electrons. The van der Waals surface area contributed by atoms with E-state index in [1.807, 2.05) is 85.1 Å². The summed E-state index contributed by atoms with van der Waals surface area (Å²) in [6, 6.07) is 23.0. The lowest BCUT2D eigenvalue weighted by Crippen LogP contribution is -2.19. The van der Waals surface area contributed by atoms with Crippen molar-refractivity contribution < 1.29 is 14.3 Å². The standard InChI is InChI=1S/C27H24ClN3O3S2/c1-2-33-25-14-20(10-13-24(25)34-16-19-8-11-22(28)12-9-19)15-29-31-26(32)18-36-27-30-23(17-35-27)21-6-4-3-5-7-21/h3-15,17H,2,16,18H2,1H3,(H,31,32)/b29-15+. The van der Waals surface area contributed by atoms with E-state index in [4.69, 9.17) is 21.1 Å². The van der Waals surface area contributed by atoms with Gasteiger partial charge in [-0.05, 0) is 48.4 Å². The second-order valence-electron chi connectivity index (χ2n) is 7.50. The molecule has 1 amide bonds. The predicted molar refractivity (Wildman–Crippen MR) is 147 cm³/mol. The number of benzene rings is 3. The van der Waals surface area contributed by atoms with E-state index < -0.39 is 0 Å². The fraction of sp³-hybridized carbons (Fsp3) is 0.148. The number of amides is 1. The lowest BCUT2D eigenvalue weighted by atomic mass is 10.2. The Labute approximate surface area is 223 Å². The van der Waals surface area contributed by atoms with Crippen molar-refractivity contribution in [3.8, 4) is 22.8 Å². The van der Waals surface area contributed by atoms with Gasteiger partial charge in [0.2, 0.25) is 0 Å². The van der Waals surface area contributed by atoms with Gasteiger partial charge in [0, 0.05) is 16.0 Å². The normalized spacial score (nSPS) is 10.9. The van der Waals surface area contributed by atoms with Crippen LogP contribution in [0.4, 0.5) is 0 Å². The molecule has 0 aliphatic rings. The second-order valence-corrected chi connectivity index (χ2v) is 10.0. The van der Waals surface area contributed by atoms with Gasteiger partial charge in [-0.15, -0.1) is 11.3 Å². The van der Waals surface area contributed by atoms with Crippen LogP contribution in [0, 0.1) is 0 Å². The number of hydrazone groups is 1. The van der Waals surface area contributed by atoms with Crippen LogP contribution in [0.25, 0.3) is 11.3 Å². The van der Waals surface area contributed by atoms with Gasteiger partial charge in [0.1, 0.15) is 6.61 Å². The molecule has 0 spiro atoms. The summed E-state index contributed by atoms with van der Waals surface area (Å²) >= 11 is 8.84. The lowest BCUT2D eigenvalue weighted by Gasteiger charge is -2.12. The lowest BCUT2D eigenvalue weighted by molar-refractivity contribution is -0.118. The first-order chi connectivity index (χ1) is 17.6. The van der Waals surface area contributed by atoms with Crippen LogP contribution < -0.4 is 14.9 Å². The monoisotopic (exact) mass is 537 g/mol. The zero-order valence-corrected chi connectivity index (χ0v) is 21.9. The molecule has 0 saturated carbocycles. The highest BCUT2D eigenvalue weighted by Crippen LogP contribution is 2.29. The summed E-state index contributed by atoms with van der Waals surface area (Å²) < 4.78 is 12.5. The summed E-state index contributed by atoms with van der Waals surface area (Å²) in [6.07, 6.45) is 1.57. The maximum Gasteiger partial charge on any atom is 0.250 e. The predicted octanol–water partition coefficient (Wildman–Crippen LogP) is 6.68. The Morgan fingerprint density at radius 1 is 1.08 bits per heavy atom. The summed E-state index contributed by atoms with van der Waals surface area (Å²) in [6.45, 7) is 2.80. The van der Waals surface area contributed by atoms with Crippen molar-refractivity contribution >= 4 is 46.8 Å². The number of rotatable bonds is 11. The summed E-state index contributed by atoms with van der Waals surface area (Å²) in [7, 11) is 0. The number of carbonyl (C=O) groups is 1. The fourth-order valence-corrected chi connectivity index (χ4v) is 4.89. The fourth-order valence-electron chi connectivity index (χ4n) is 3.14. The Hall–Kier alpha value is -3.33. The Kier molecular flexibility index (Phi) is 9.38. The third kappa shape index (κ3) is 7.58. The first-order valence-electron chi connectivity index (χ1n) is 11.2. The number of ether oxygens (including phenoxy) is 2. The quantitative estimate of drug-likeness (QED) is 0.131. The number of hydrogen-bond donors (Lipinski definition) is 1. The first-order valence-corrected chi connectivity index (χ1v) is 13.4. The molecule has 0 atom stereocenters. The molecule has 4 rings (SSSR count). The minimum absolute atomic E-state index is 0.208. The van der Waals surface area contributed by atoms with E-state index in [0.717, 1.165) is 26.7 Å². The highest BCUT2D eigenvalue weighted by molar-refractivity contribution is 8.01. The minimum atomic E-state index is -0.208. The van der Waals surface area contributed by atoms with Gasteiger partial charge in [-0.1, -0.05) is 65.8 Å². The molecule has 0 unspecified atom stereocenters. The van der Waals surface area contributed by atoms with E-state index in [9.17, 15) is 4.79 Å². The molecule has 36 heavy (non-hydrogen) atoms. The topological polar surface area (TPSA) is 72.8 Å². The second kappa shape index (κ2) is 13.1. The van der Waals surface area contributed by atoms with E-state index in [1.165, 1.54) is 23.1 Å². The average Bonchev–Trinajstić information content (AvgIpc) is 3.38. The van der Waals surface area contributed by atoms with E-state index in [1.54, 1.807) is 6.21 Å². The van der Waals surface area contributed by atoms with Crippen LogP contribution in [0.2, 0.25) is 5.02 Å². The molecular formula is C27H24ClN3O3S2. The van der Waals surface area contributed by atoms with E-state index >= 15 is 0 Å².